The molecule has 1 saturated heterocycles. The van der Waals surface area contributed by atoms with E-state index in [0.29, 0.717) is 0 Å². The first-order chi connectivity index (χ1) is 8.72. The van der Waals surface area contributed by atoms with Gasteiger partial charge < -0.3 is 24.8 Å². The van der Waals surface area contributed by atoms with Gasteiger partial charge in [-0.1, -0.05) is 0 Å². The molecule has 125 valence electrons. The zero-order chi connectivity index (χ0) is 14.6. The maximum atomic E-state index is 14.2. The number of halogens is 6. The zero-order valence-corrected chi connectivity index (χ0v) is 14.8. The van der Waals surface area contributed by atoms with Gasteiger partial charge in [0.25, 0.3) is 0 Å². The van der Waals surface area contributed by atoms with Gasteiger partial charge in [-0.3, -0.25) is 0 Å². The van der Waals surface area contributed by atoms with Crippen molar-refractivity contribution in [2.24, 2.45) is 0 Å². The molecule has 1 fully saturated rings. The van der Waals surface area contributed by atoms with Gasteiger partial charge in [0.05, 0.1) is 0 Å². The van der Waals surface area contributed by atoms with Gasteiger partial charge in [0.1, 0.15) is 0 Å². The smallest absolute Gasteiger partial charge is 1.00 e. The van der Waals surface area contributed by atoms with E-state index in [1.165, 1.54) is 34.5 Å². The Morgan fingerprint density at radius 2 is 1.62 bits per heavy atom. The average molecular weight is 390 g/mol. The van der Waals surface area contributed by atoms with E-state index in [1.807, 2.05) is 0 Å². The van der Waals surface area contributed by atoms with Crippen molar-refractivity contribution < 1.29 is 62.8 Å². The summed E-state index contributed by atoms with van der Waals surface area (Å²) in [7, 11) is 2.81. The van der Waals surface area contributed by atoms with E-state index in [9.17, 15) is 17.6 Å². The Morgan fingerprint density at radius 1 is 1.05 bits per heavy atom. The standard InChI is InChI=1S/C10H19F4N4.2ClH.Ti/c1-17-5-8(12)15-3-7(11)16-4-9(13)18(2)6-10(17)14;;;/h7-8,10,15-16H,3-6H2,1-2H3;2*1H;/q;;;+2/p-2. The molecule has 0 aromatic heterocycles. The normalized spacial score (nSPS) is 37.6. The van der Waals surface area contributed by atoms with Crippen molar-refractivity contribution >= 4 is 0 Å². The molecule has 4 atom stereocenters. The molecular formula is C10H19Cl2F4N4Ti. The summed E-state index contributed by atoms with van der Waals surface area (Å²) < 4.78 is 53.0. The van der Waals surface area contributed by atoms with Crippen LogP contribution in [0, 0.1) is 0 Å². The van der Waals surface area contributed by atoms with Crippen molar-refractivity contribution in [1.82, 2.24) is 20.4 Å². The summed E-state index contributed by atoms with van der Waals surface area (Å²) in [5, 5.41) is 4.61. The molecule has 0 saturated carbocycles. The fourth-order valence-electron chi connectivity index (χ4n) is 1.63. The van der Waals surface area contributed by atoms with Gasteiger partial charge in [-0.15, -0.1) is 0 Å². The van der Waals surface area contributed by atoms with Crippen LogP contribution in [0.4, 0.5) is 17.6 Å². The van der Waals surface area contributed by atoms with Crippen LogP contribution in [0.25, 0.3) is 0 Å². The molecule has 0 spiro atoms. The number of rotatable bonds is 0. The van der Waals surface area contributed by atoms with E-state index in [1.54, 1.807) is 0 Å². The third-order valence-electron chi connectivity index (χ3n) is 3.03. The first kappa shape index (κ1) is 24.1. The quantitative estimate of drug-likeness (QED) is 0.245. The maximum absolute atomic E-state index is 14.2. The number of hydrogen-bond donors (Lipinski definition) is 2. The third kappa shape index (κ3) is 8.32. The molecule has 11 heteroatoms. The van der Waals surface area contributed by atoms with Crippen molar-refractivity contribution in [3.63, 3.8) is 0 Å². The topological polar surface area (TPSA) is 30.5 Å². The largest absolute Gasteiger partial charge is 1.00 e. The number of alkyl halides is 4. The van der Waals surface area contributed by atoms with Crippen molar-refractivity contribution in [2.45, 2.75) is 23.0 Å². The number of hydrogen-bond acceptors (Lipinski definition) is 4. The van der Waals surface area contributed by atoms with Gasteiger partial charge in [-0.25, -0.2) is 0 Å². The molecule has 2 N–H and O–H groups in total. The van der Waals surface area contributed by atoms with Crippen LogP contribution in [0.5, 0.6) is 0 Å². The molecule has 4 nitrogen and oxygen atoms in total. The van der Waals surface area contributed by atoms with Crippen LogP contribution in [-0.2, 0) is 20.4 Å². The van der Waals surface area contributed by atoms with Crippen LogP contribution in [0.3, 0.4) is 0 Å². The van der Waals surface area contributed by atoms with Crippen molar-refractivity contribution in [1.29, 1.82) is 0 Å². The van der Waals surface area contributed by atoms with Crippen LogP contribution in [0.2, 0.25) is 0 Å². The van der Waals surface area contributed by atoms with E-state index >= 15 is 0 Å². The van der Waals surface area contributed by atoms with Crippen LogP contribution in [-0.4, -0.2) is 73.1 Å². The summed E-state index contributed by atoms with van der Waals surface area (Å²) in [6.07, 6.45) is -4.60. The SMILES string of the molecule is CN1CC(F)NCC(F)NC[C](F)([Ti+2])N(C)CC1F.[Cl-].[Cl-]. The maximum Gasteiger partial charge on any atom is -1.00 e. The number of nitrogens with zero attached hydrogens (tertiary/aromatic N) is 2. The van der Waals surface area contributed by atoms with Crippen molar-refractivity contribution in [2.75, 3.05) is 40.3 Å². The van der Waals surface area contributed by atoms with E-state index in [4.69, 9.17) is 0 Å². The number of likely N-dealkylation sites (N-methyl/N-ethyl adjacent to an activating group) is 2. The average Bonchev–Trinajstić information content (AvgIpc) is 2.32. The fraction of sp³-hybridized carbons (Fsp3) is 1.00. The summed E-state index contributed by atoms with van der Waals surface area (Å²) in [6, 6.07) is 0. The molecule has 1 heterocycles. The Kier molecular flexibility index (Phi) is 12.2. The number of nitrogens with one attached hydrogen (secondary N) is 2. The summed E-state index contributed by atoms with van der Waals surface area (Å²) in [4.78, 5) is 2.28. The molecule has 0 bridgehead atoms. The molecule has 1 aliphatic rings. The predicted molar refractivity (Wildman–Crippen MR) is 59.8 cm³/mol. The Balaban J connectivity index is 0. The van der Waals surface area contributed by atoms with Gasteiger partial charge in [0.2, 0.25) is 0 Å². The Bertz CT molecular complexity index is 294. The molecule has 0 aromatic rings. The minimum Gasteiger partial charge on any atom is -1.00 e. The van der Waals surface area contributed by atoms with Crippen LogP contribution < -0.4 is 35.4 Å². The molecule has 1 aliphatic heterocycles. The Hall–Kier alpha value is 0.854. The van der Waals surface area contributed by atoms with Gasteiger partial charge in [0.15, 0.2) is 0 Å². The molecule has 0 aliphatic carbocycles. The predicted octanol–water partition coefficient (Wildman–Crippen LogP) is -5.89. The second-order valence-electron chi connectivity index (χ2n) is 4.74. The minimum atomic E-state index is -1.89. The van der Waals surface area contributed by atoms with E-state index in [0.717, 1.165) is 9.80 Å². The minimum absolute atomic E-state index is 0. The second-order valence-corrected chi connectivity index (χ2v) is 5.93. The van der Waals surface area contributed by atoms with Crippen molar-refractivity contribution in [3.05, 3.63) is 0 Å². The Morgan fingerprint density at radius 3 is 2.19 bits per heavy atom. The molecule has 0 radical (unpaired) electrons. The van der Waals surface area contributed by atoms with Crippen LogP contribution in [0.15, 0.2) is 0 Å². The molecule has 0 amide bonds. The van der Waals surface area contributed by atoms with Gasteiger partial charge in [-0.05, 0) is 0 Å². The first-order valence-electron chi connectivity index (χ1n) is 5.97. The molecule has 4 unspecified atom stereocenters. The Labute approximate surface area is 146 Å². The van der Waals surface area contributed by atoms with Gasteiger partial charge >= 0.3 is 122 Å². The summed E-state index contributed by atoms with van der Waals surface area (Å²) in [6.45, 7) is -1.06. The zero-order valence-electron chi connectivity index (χ0n) is 11.7. The van der Waals surface area contributed by atoms with Gasteiger partial charge in [-0.2, -0.15) is 0 Å². The molecule has 21 heavy (non-hydrogen) atoms. The fourth-order valence-corrected chi connectivity index (χ4v) is 1.93. The van der Waals surface area contributed by atoms with E-state index < -0.39 is 23.0 Å². The van der Waals surface area contributed by atoms with Crippen LogP contribution >= 0.6 is 0 Å². The van der Waals surface area contributed by atoms with Crippen molar-refractivity contribution in [3.8, 4) is 0 Å². The van der Waals surface area contributed by atoms with Gasteiger partial charge in [0, 0.05) is 0 Å². The monoisotopic (exact) mass is 389 g/mol. The summed E-state index contributed by atoms with van der Waals surface area (Å²) >= 11 is 1.25. The molecular weight excluding hydrogens is 371 g/mol. The third-order valence-corrected chi connectivity index (χ3v) is 3.90. The molecule has 1 rings (SSSR count). The summed E-state index contributed by atoms with van der Waals surface area (Å²) in [5.41, 5.74) is 0. The van der Waals surface area contributed by atoms with E-state index in [2.05, 4.69) is 10.6 Å². The summed E-state index contributed by atoms with van der Waals surface area (Å²) in [5.74, 6) is 0. The van der Waals surface area contributed by atoms with E-state index in [-0.39, 0.29) is 51.0 Å². The first-order valence-corrected chi connectivity index (χ1v) is 6.75. The van der Waals surface area contributed by atoms with Crippen LogP contribution in [0.1, 0.15) is 0 Å². The molecule has 0 aromatic carbocycles. The second kappa shape index (κ2) is 10.6.